The van der Waals surface area contributed by atoms with E-state index in [1.165, 1.54) is 17.4 Å². The number of aryl methyl sites for hydroxylation is 1. The maximum absolute atomic E-state index is 14.4. The minimum Gasteiger partial charge on any atom is -0.370 e. The van der Waals surface area contributed by atoms with E-state index in [2.05, 4.69) is 10.3 Å². The molecule has 0 saturated heterocycles. The third-order valence-corrected chi connectivity index (χ3v) is 5.40. The highest BCUT2D eigenvalue weighted by Gasteiger charge is 2.19. The van der Waals surface area contributed by atoms with E-state index in [1.807, 2.05) is 55.7 Å². The molecule has 1 N–H and O–H groups in total. The summed E-state index contributed by atoms with van der Waals surface area (Å²) in [6.07, 6.45) is 1.73. The van der Waals surface area contributed by atoms with Crippen molar-refractivity contribution in [3.8, 4) is 5.13 Å². The van der Waals surface area contributed by atoms with Crippen molar-refractivity contribution in [3.05, 3.63) is 58.6 Å². The monoisotopic (exact) mass is 386 g/mol. The zero-order valence-corrected chi connectivity index (χ0v) is 16.9. The number of rotatable bonds is 5. The molecule has 0 aliphatic rings. The van der Waals surface area contributed by atoms with Crippen molar-refractivity contribution < 1.29 is 9.18 Å². The molecule has 27 heavy (non-hydrogen) atoms. The Morgan fingerprint density at radius 1 is 1.30 bits per heavy atom. The summed E-state index contributed by atoms with van der Waals surface area (Å²) >= 11 is 1.51. The van der Waals surface area contributed by atoms with E-state index < -0.39 is 0 Å². The van der Waals surface area contributed by atoms with Crippen molar-refractivity contribution in [2.24, 2.45) is 0 Å². The van der Waals surface area contributed by atoms with Gasteiger partial charge in [0.1, 0.15) is 5.82 Å². The van der Waals surface area contributed by atoms with Crippen LogP contribution in [0.5, 0.6) is 0 Å². The Morgan fingerprint density at radius 3 is 2.63 bits per heavy atom. The molecular formula is C20H23FN4OS. The van der Waals surface area contributed by atoms with Crippen LogP contribution in [0, 0.1) is 19.7 Å². The molecule has 7 heteroatoms. The van der Waals surface area contributed by atoms with Crippen LogP contribution in [-0.2, 0) is 0 Å². The third-order valence-electron chi connectivity index (χ3n) is 4.65. The summed E-state index contributed by atoms with van der Waals surface area (Å²) < 4.78 is 16.4. The summed E-state index contributed by atoms with van der Waals surface area (Å²) in [5, 5.41) is 5.50. The predicted octanol–water partition coefficient (Wildman–Crippen LogP) is 4.79. The van der Waals surface area contributed by atoms with Gasteiger partial charge in [-0.1, -0.05) is 0 Å². The van der Waals surface area contributed by atoms with E-state index in [0.717, 1.165) is 16.5 Å². The summed E-state index contributed by atoms with van der Waals surface area (Å²) in [6, 6.07) is 6.75. The molecule has 0 aliphatic carbocycles. The number of nitrogens with zero attached hydrogens (tertiary/aromatic N) is 3. The van der Waals surface area contributed by atoms with Crippen LogP contribution in [0.2, 0.25) is 0 Å². The van der Waals surface area contributed by atoms with E-state index in [4.69, 9.17) is 0 Å². The fraction of sp³-hybridized carbons (Fsp3) is 0.300. The van der Waals surface area contributed by atoms with Gasteiger partial charge in [-0.25, -0.2) is 9.37 Å². The molecule has 0 unspecified atom stereocenters. The molecule has 0 saturated carbocycles. The topological polar surface area (TPSA) is 50.2 Å². The molecule has 0 spiro atoms. The first-order valence-electron chi connectivity index (χ1n) is 8.72. The molecule has 0 fully saturated rings. The quantitative estimate of drug-likeness (QED) is 0.686. The molecule has 5 nitrogen and oxygen atoms in total. The van der Waals surface area contributed by atoms with E-state index in [0.29, 0.717) is 16.9 Å². The average Bonchev–Trinajstić information content (AvgIpc) is 3.22. The first kappa shape index (κ1) is 19.1. The fourth-order valence-electron chi connectivity index (χ4n) is 2.96. The van der Waals surface area contributed by atoms with Crippen LogP contribution in [0.25, 0.3) is 5.13 Å². The summed E-state index contributed by atoms with van der Waals surface area (Å²) in [5.41, 5.74) is 3.21. The highest BCUT2D eigenvalue weighted by molar-refractivity contribution is 7.12. The van der Waals surface area contributed by atoms with Gasteiger partial charge in [-0.15, -0.1) is 11.3 Å². The van der Waals surface area contributed by atoms with E-state index in [9.17, 15) is 9.18 Å². The smallest absolute Gasteiger partial charge is 0.257 e. The largest absolute Gasteiger partial charge is 0.370 e. The zero-order chi connectivity index (χ0) is 19.7. The van der Waals surface area contributed by atoms with Crippen LogP contribution in [0.4, 0.5) is 15.8 Å². The van der Waals surface area contributed by atoms with Crippen LogP contribution in [-0.4, -0.2) is 28.5 Å². The normalized spacial score (nSPS) is 11.1. The lowest BCUT2D eigenvalue weighted by Gasteiger charge is -2.24. The van der Waals surface area contributed by atoms with Gasteiger partial charge >= 0.3 is 0 Å². The van der Waals surface area contributed by atoms with Crippen molar-refractivity contribution in [1.82, 2.24) is 9.55 Å². The summed E-state index contributed by atoms with van der Waals surface area (Å²) in [5.74, 6) is -0.632. The second-order valence-corrected chi connectivity index (χ2v) is 7.63. The second kappa shape index (κ2) is 7.52. The van der Waals surface area contributed by atoms with Crippen LogP contribution < -0.4 is 10.2 Å². The fourth-order valence-corrected chi connectivity index (χ4v) is 3.71. The average molecular weight is 386 g/mol. The van der Waals surface area contributed by atoms with Crippen LogP contribution in [0.15, 0.2) is 35.8 Å². The van der Waals surface area contributed by atoms with Crippen molar-refractivity contribution >= 4 is 28.6 Å². The Hall–Kier alpha value is -2.67. The maximum atomic E-state index is 14.4. The van der Waals surface area contributed by atoms with Crippen molar-refractivity contribution in [1.29, 1.82) is 0 Å². The number of carbonyl (C=O) groups excluding carboxylic acids is 1. The lowest BCUT2D eigenvalue weighted by atomic mass is 10.2. The molecule has 2 aromatic heterocycles. The summed E-state index contributed by atoms with van der Waals surface area (Å²) in [4.78, 5) is 18.9. The first-order valence-corrected chi connectivity index (χ1v) is 9.60. The molecule has 2 heterocycles. The van der Waals surface area contributed by atoms with Gasteiger partial charge in [-0.3, -0.25) is 9.36 Å². The van der Waals surface area contributed by atoms with Gasteiger partial charge < -0.3 is 10.2 Å². The minimum absolute atomic E-state index is 0.177. The molecule has 0 radical (unpaired) electrons. The number of amides is 1. The lowest BCUT2D eigenvalue weighted by molar-refractivity contribution is 0.102. The highest BCUT2D eigenvalue weighted by atomic mass is 32.1. The number of nitrogens with one attached hydrogen (secondary N) is 1. The van der Waals surface area contributed by atoms with Crippen molar-refractivity contribution in [2.45, 2.75) is 33.7 Å². The van der Waals surface area contributed by atoms with Gasteiger partial charge in [-0.2, -0.15) is 0 Å². The molecular weight excluding hydrogens is 363 g/mol. The molecule has 142 valence electrons. The Balaban J connectivity index is 1.84. The Morgan fingerprint density at radius 2 is 2.04 bits per heavy atom. The molecule has 0 aliphatic heterocycles. The number of aromatic nitrogens is 2. The number of thiazole rings is 1. The van der Waals surface area contributed by atoms with Gasteiger partial charge in [0.25, 0.3) is 5.91 Å². The van der Waals surface area contributed by atoms with Crippen LogP contribution >= 0.6 is 11.3 Å². The minimum atomic E-state index is -0.364. The maximum Gasteiger partial charge on any atom is 0.257 e. The Labute approximate surface area is 162 Å². The predicted molar refractivity (Wildman–Crippen MR) is 109 cm³/mol. The number of carbonyl (C=O) groups is 1. The number of benzene rings is 1. The second-order valence-electron chi connectivity index (χ2n) is 6.76. The van der Waals surface area contributed by atoms with Gasteiger partial charge in [0.15, 0.2) is 5.13 Å². The standard InChI is InChI=1S/C20H23FN4OS/c1-12(2)24(5)18-7-6-15(11-17(18)21)23-19(26)16-10-13(3)25(14(16)4)20-22-8-9-27-20/h6-12H,1-5H3,(H,23,26). The van der Waals surface area contributed by atoms with Crippen LogP contribution in [0.1, 0.15) is 35.6 Å². The van der Waals surface area contributed by atoms with Gasteiger partial charge in [0.2, 0.25) is 0 Å². The van der Waals surface area contributed by atoms with Crippen molar-refractivity contribution in [3.63, 3.8) is 0 Å². The van der Waals surface area contributed by atoms with Gasteiger partial charge in [0, 0.05) is 41.7 Å². The van der Waals surface area contributed by atoms with E-state index in [1.54, 1.807) is 18.3 Å². The summed E-state index contributed by atoms with van der Waals surface area (Å²) in [6.45, 7) is 7.80. The van der Waals surface area contributed by atoms with E-state index in [-0.39, 0.29) is 17.8 Å². The molecule has 0 bridgehead atoms. The van der Waals surface area contributed by atoms with Crippen LogP contribution in [0.3, 0.4) is 0 Å². The SMILES string of the molecule is Cc1cc(C(=O)Nc2ccc(N(C)C(C)C)c(F)c2)c(C)n1-c1nccs1. The highest BCUT2D eigenvalue weighted by Crippen LogP contribution is 2.26. The number of hydrogen-bond donors (Lipinski definition) is 1. The van der Waals surface area contributed by atoms with Crippen molar-refractivity contribution in [2.75, 3.05) is 17.3 Å². The Kier molecular flexibility index (Phi) is 5.32. The van der Waals surface area contributed by atoms with E-state index >= 15 is 0 Å². The summed E-state index contributed by atoms with van der Waals surface area (Å²) in [7, 11) is 1.84. The molecule has 3 rings (SSSR count). The molecule has 3 aromatic rings. The molecule has 0 atom stereocenters. The van der Waals surface area contributed by atoms with Gasteiger partial charge in [0.05, 0.1) is 11.3 Å². The Bertz CT molecular complexity index is 963. The number of anilines is 2. The first-order chi connectivity index (χ1) is 12.8. The van der Waals surface area contributed by atoms with Gasteiger partial charge in [-0.05, 0) is 52.0 Å². The number of hydrogen-bond acceptors (Lipinski definition) is 4. The third kappa shape index (κ3) is 3.73. The lowest BCUT2D eigenvalue weighted by Crippen LogP contribution is -2.26. The number of halogens is 1. The molecule has 1 aromatic carbocycles. The zero-order valence-electron chi connectivity index (χ0n) is 16.1. The molecule has 1 amide bonds.